The summed E-state index contributed by atoms with van der Waals surface area (Å²) in [5.74, 6) is 1.13. The van der Waals surface area contributed by atoms with Crippen molar-refractivity contribution in [3.8, 4) is 11.4 Å². The van der Waals surface area contributed by atoms with E-state index in [-0.39, 0.29) is 0 Å². The zero-order valence-corrected chi connectivity index (χ0v) is 11.0. The van der Waals surface area contributed by atoms with E-state index in [9.17, 15) is 4.79 Å². The van der Waals surface area contributed by atoms with E-state index in [1.807, 2.05) is 18.2 Å². The second-order valence-corrected chi connectivity index (χ2v) is 4.57. The lowest BCUT2D eigenvalue weighted by atomic mass is 10.0. The number of aryl methyl sites for hydroxylation is 1. The Hall–Kier alpha value is -2.62. The van der Waals surface area contributed by atoms with Crippen LogP contribution in [0.5, 0.6) is 0 Å². The van der Waals surface area contributed by atoms with Crippen LogP contribution in [-0.4, -0.2) is 9.97 Å². The van der Waals surface area contributed by atoms with Gasteiger partial charge < -0.3 is 9.40 Å². The maximum absolute atomic E-state index is 12.1. The van der Waals surface area contributed by atoms with Crippen LogP contribution in [0.15, 0.2) is 34.5 Å². The molecule has 0 saturated heterocycles. The Balaban J connectivity index is 2.17. The van der Waals surface area contributed by atoms with Crippen LogP contribution < -0.4 is 5.63 Å². The number of hydrogen-bond acceptors (Lipinski definition) is 3. The van der Waals surface area contributed by atoms with Gasteiger partial charge in [-0.2, -0.15) is 0 Å². The third-order valence-electron chi connectivity index (χ3n) is 3.32. The number of H-pyrrole nitrogens is 1. The molecule has 0 radical (unpaired) electrons. The highest BCUT2D eigenvalue weighted by atomic mass is 16.4. The lowest BCUT2D eigenvalue weighted by molar-refractivity contribution is 0.493. The second-order valence-electron chi connectivity index (χ2n) is 4.57. The van der Waals surface area contributed by atoms with Gasteiger partial charge in [-0.25, -0.2) is 9.78 Å². The van der Waals surface area contributed by atoms with E-state index in [0.29, 0.717) is 22.8 Å². The number of hydrogen-bond donors (Lipinski definition) is 1. The van der Waals surface area contributed by atoms with E-state index < -0.39 is 5.63 Å². The van der Waals surface area contributed by atoms with Crippen LogP contribution in [0.25, 0.3) is 29.6 Å². The van der Waals surface area contributed by atoms with Crippen molar-refractivity contribution in [2.45, 2.75) is 12.8 Å². The van der Waals surface area contributed by atoms with Gasteiger partial charge in [0, 0.05) is 0 Å². The molecule has 0 fully saturated rings. The molecule has 0 atom stereocenters. The van der Waals surface area contributed by atoms with Crippen LogP contribution >= 0.6 is 0 Å². The Morgan fingerprint density at radius 1 is 1.35 bits per heavy atom. The Labute approximate surface area is 116 Å². The molecule has 0 saturated carbocycles. The number of nitrogens with one attached hydrogen (secondary N) is 1. The first-order chi connectivity index (χ1) is 9.72. The van der Waals surface area contributed by atoms with Crippen LogP contribution in [0.2, 0.25) is 0 Å². The van der Waals surface area contributed by atoms with Gasteiger partial charge in [-0.15, -0.1) is 0 Å². The topological polar surface area (TPSA) is 58.9 Å². The largest absolute Gasteiger partial charge is 0.423 e. The highest BCUT2D eigenvalue weighted by Crippen LogP contribution is 2.23. The molecule has 0 bridgehead atoms. The number of allylic oxidation sites excluding steroid dienone is 1. The van der Waals surface area contributed by atoms with Gasteiger partial charge in [0.25, 0.3) is 0 Å². The van der Waals surface area contributed by atoms with Gasteiger partial charge in [-0.3, -0.25) is 0 Å². The molecule has 0 aliphatic heterocycles. The Bertz CT molecular complexity index is 753. The van der Waals surface area contributed by atoms with Crippen LogP contribution in [0.4, 0.5) is 0 Å². The quantitative estimate of drug-likeness (QED) is 0.927. The van der Waals surface area contributed by atoms with Crippen LogP contribution in [0, 0.1) is 0 Å². The maximum atomic E-state index is 12.1. The number of aromatic nitrogens is 2. The molecule has 4 heteroatoms. The Kier molecular flexibility index (Phi) is 2.99. The predicted octanol–water partition coefficient (Wildman–Crippen LogP) is 3.28. The summed E-state index contributed by atoms with van der Waals surface area (Å²) in [6.07, 6.45) is 8.94. The molecule has 2 aromatic heterocycles. The fourth-order valence-electron chi connectivity index (χ4n) is 2.29. The SMILES string of the molecule is C=Cc1nc(-c2cc3c(oc2=O)C=CCC3)[nH]c1C=C. The zero-order chi connectivity index (χ0) is 14.1. The standard InChI is InChI=1S/C16H14N2O2/c1-3-12-13(4-2)18-15(17-12)11-9-10-7-5-6-8-14(10)20-16(11)19/h3-4,6,8-9H,1-2,5,7H2,(H,17,18). The Morgan fingerprint density at radius 2 is 2.20 bits per heavy atom. The molecule has 0 unspecified atom stereocenters. The fourth-order valence-corrected chi connectivity index (χ4v) is 2.29. The van der Waals surface area contributed by atoms with Crippen molar-refractivity contribution >= 4 is 18.2 Å². The van der Waals surface area contributed by atoms with Crippen LogP contribution in [-0.2, 0) is 6.42 Å². The number of nitrogens with zero attached hydrogens (tertiary/aromatic N) is 1. The zero-order valence-electron chi connectivity index (χ0n) is 11.0. The first kappa shape index (κ1) is 12.4. The number of imidazole rings is 1. The van der Waals surface area contributed by atoms with Gasteiger partial charge in [-0.05, 0) is 42.7 Å². The summed E-state index contributed by atoms with van der Waals surface area (Å²) >= 11 is 0. The van der Waals surface area contributed by atoms with Crippen LogP contribution in [0.3, 0.4) is 0 Å². The van der Waals surface area contributed by atoms with E-state index in [1.54, 1.807) is 12.2 Å². The van der Waals surface area contributed by atoms with Crippen LogP contribution in [0.1, 0.15) is 29.1 Å². The molecule has 1 aliphatic rings. The summed E-state index contributed by atoms with van der Waals surface area (Å²) < 4.78 is 5.35. The van der Waals surface area contributed by atoms with Gasteiger partial charge in [-0.1, -0.05) is 19.2 Å². The van der Waals surface area contributed by atoms with Crippen molar-refractivity contribution in [3.63, 3.8) is 0 Å². The Morgan fingerprint density at radius 3 is 2.90 bits per heavy atom. The second kappa shape index (κ2) is 4.81. The monoisotopic (exact) mass is 266 g/mol. The number of aromatic amines is 1. The summed E-state index contributed by atoms with van der Waals surface area (Å²) in [4.78, 5) is 19.5. The smallest absolute Gasteiger partial charge is 0.347 e. The molecule has 20 heavy (non-hydrogen) atoms. The van der Waals surface area contributed by atoms with E-state index in [0.717, 1.165) is 24.1 Å². The highest BCUT2D eigenvalue weighted by molar-refractivity contribution is 5.66. The first-order valence-electron chi connectivity index (χ1n) is 6.41. The molecule has 0 amide bonds. The molecule has 0 aromatic carbocycles. The number of fused-ring (bicyclic) bond motifs is 1. The minimum absolute atomic E-state index is 0.393. The van der Waals surface area contributed by atoms with Crippen molar-refractivity contribution in [3.05, 3.63) is 58.4 Å². The van der Waals surface area contributed by atoms with E-state index in [1.165, 1.54) is 0 Å². The van der Waals surface area contributed by atoms with Crippen molar-refractivity contribution in [1.29, 1.82) is 0 Å². The molecule has 3 rings (SSSR count). The average molecular weight is 266 g/mol. The normalized spacial score (nSPS) is 13.0. The molecular weight excluding hydrogens is 252 g/mol. The van der Waals surface area contributed by atoms with Gasteiger partial charge in [0.2, 0.25) is 0 Å². The van der Waals surface area contributed by atoms with E-state index >= 15 is 0 Å². The molecule has 4 nitrogen and oxygen atoms in total. The van der Waals surface area contributed by atoms with E-state index in [4.69, 9.17) is 4.42 Å². The average Bonchev–Trinajstić information content (AvgIpc) is 2.89. The van der Waals surface area contributed by atoms with Crippen molar-refractivity contribution < 1.29 is 4.42 Å². The van der Waals surface area contributed by atoms with Gasteiger partial charge in [0.05, 0.1) is 11.4 Å². The lowest BCUT2D eigenvalue weighted by Gasteiger charge is -2.08. The molecule has 2 aromatic rings. The summed E-state index contributed by atoms with van der Waals surface area (Å²) in [6.45, 7) is 7.41. The molecule has 0 spiro atoms. The minimum atomic E-state index is -0.393. The fraction of sp³-hybridized carbons (Fsp3) is 0.125. The van der Waals surface area contributed by atoms with Crippen molar-refractivity contribution in [2.75, 3.05) is 0 Å². The third kappa shape index (κ3) is 1.95. The first-order valence-corrected chi connectivity index (χ1v) is 6.41. The van der Waals surface area contributed by atoms with Gasteiger partial charge in [0.1, 0.15) is 17.1 Å². The van der Waals surface area contributed by atoms with Gasteiger partial charge in [0.15, 0.2) is 0 Å². The summed E-state index contributed by atoms with van der Waals surface area (Å²) in [5, 5.41) is 0. The van der Waals surface area contributed by atoms with Crippen molar-refractivity contribution in [1.82, 2.24) is 9.97 Å². The predicted molar refractivity (Wildman–Crippen MR) is 80.1 cm³/mol. The molecular formula is C16H14N2O2. The minimum Gasteiger partial charge on any atom is -0.423 e. The van der Waals surface area contributed by atoms with Crippen molar-refractivity contribution in [2.24, 2.45) is 0 Å². The molecule has 2 heterocycles. The molecule has 1 N–H and O–H groups in total. The van der Waals surface area contributed by atoms with E-state index in [2.05, 4.69) is 23.1 Å². The summed E-state index contributed by atoms with van der Waals surface area (Å²) in [5.41, 5.74) is 2.49. The molecule has 1 aliphatic carbocycles. The third-order valence-corrected chi connectivity index (χ3v) is 3.32. The summed E-state index contributed by atoms with van der Waals surface area (Å²) in [6, 6.07) is 1.85. The highest BCUT2D eigenvalue weighted by Gasteiger charge is 2.16. The number of rotatable bonds is 3. The van der Waals surface area contributed by atoms with Gasteiger partial charge >= 0.3 is 5.63 Å². The summed E-state index contributed by atoms with van der Waals surface area (Å²) in [7, 11) is 0. The maximum Gasteiger partial charge on any atom is 0.347 e. The lowest BCUT2D eigenvalue weighted by Crippen LogP contribution is -2.08. The molecule has 100 valence electrons.